The molecule has 1 heterocycles. The zero-order valence-corrected chi connectivity index (χ0v) is 12.7. The number of carboxylic acids is 2. The fourth-order valence-corrected chi connectivity index (χ4v) is 1.97. The predicted octanol–water partition coefficient (Wildman–Crippen LogP) is -1.04. The lowest BCUT2D eigenvalue weighted by Crippen LogP contribution is -2.43. The molecule has 1 rings (SSSR count). The third-order valence-electron chi connectivity index (χ3n) is 3.23. The van der Waals surface area contributed by atoms with E-state index in [1.54, 1.807) is 0 Å². The Bertz CT molecular complexity index is 658. The van der Waals surface area contributed by atoms with E-state index in [9.17, 15) is 29.7 Å². The standard InChI is InChI=1S/C14H17NO9/c1-7-12(9(6-17)8(5-16)4-15-7)24-11(20)3-14(23,13(21)22)2-10(18)19/h4,16-17,23H,2-3,5-6H2,1H3,(H,18,19)(H,21,22). The van der Waals surface area contributed by atoms with Crippen LogP contribution in [-0.2, 0) is 27.6 Å². The van der Waals surface area contributed by atoms with E-state index in [1.807, 2.05) is 0 Å². The van der Waals surface area contributed by atoms with E-state index in [1.165, 1.54) is 13.1 Å². The number of carbonyl (C=O) groups is 3. The smallest absolute Gasteiger partial charge is 0.336 e. The maximum absolute atomic E-state index is 11.9. The first-order valence-electron chi connectivity index (χ1n) is 6.72. The van der Waals surface area contributed by atoms with Gasteiger partial charge in [0, 0.05) is 17.3 Å². The molecule has 1 aromatic heterocycles. The number of hydrogen-bond acceptors (Lipinski definition) is 8. The Kier molecular flexibility index (Phi) is 6.35. The van der Waals surface area contributed by atoms with Gasteiger partial charge in [0.05, 0.1) is 31.7 Å². The molecule has 0 radical (unpaired) electrons. The van der Waals surface area contributed by atoms with E-state index in [4.69, 9.17) is 14.9 Å². The molecule has 5 N–H and O–H groups in total. The molecule has 0 bridgehead atoms. The lowest BCUT2D eigenvalue weighted by atomic mass is 9.96. The van der Waals surface area contributed by atoms with E-state index < -0.39 is 49.6 Å². The van der Waals surface area contributed by atoms with Crippen LogP contribution in [0.25, 0.3) is 0 Å². The number of aliphatic hydroxyl groups is 3. The molecule has 1 aromatic rings. The third kappa shape index (κ3) is 4.47. The van der Waals surface area contributed by atoms with Gasteiger partial charge in [-0.05, 0) is 6.92 Å². The van der Waals surface area contributed by atoms with Crippen molar-refractivity contribution < 1.29 is 44.7 Å². The van der Waals surface area contributed by atoms with Crippen LogP contribution in [0, 0.1) is 6.92 Å². The molecule has 0 aromatic carbocycles. The predicted molar refractivity (Wildman–Crippen MR) is 75.9 cm³/mol. The molecule has 0 spiro atoms. The van der Waals surface area contributed by atoms with Crippen molar-refractivity contribution in [1.29, 1.82) is 0 Å². The van der Waals surface area contributed by atoms with Gasteiger partial charge in [0.25, 0.3) is 0 Å². The van der Waals surface area contributed by atoms with Gasteiger partial charge in [0.1, 0.15) is 0 Å². The van der Waals surface area contributed by atoms with Crippen molar-refractivity contribution in [1.82, 2.24) is 4.98 Å². The Labute approximate surface area is 136 Å². The number of nitrogens with zero attached hydrogens (tertiary/aromatic N) is 1. The molecule has 1 unspecified atom stereocenters. The highest BCUT2D eigenvalue weighted by Crippen LogP contribution is 2.27. The summed E-state index contributed by atoms with van der Waals surface area (Å²) >= 11 is 0. The second kappa shape index (κ2) is 7.81. The number of carbonyl (C=O) groups excluding carboxylic acids is 1. The number of pyridine rings is 1. The zero-order valence-electron chi connectivity index (χ0n) is 12.7. The number of rotatable bonds is 8. The number of aryl methyl sites for hydroxylation is 1. The Morgan fingerprint density at radius 2 is 1.79 bits per heavy atom. The number of esters is 1. The van der Waals surface area contributed by atoms with E-state index in [-0.39, 0.29) is 22.6 Å². The minimum Gasteiger partial charge on any atom is -0.481 e. The molecule has 1 atom stereocenters. The highest BCUT2D eigenvalue weighted by molar-refractivity contribution is 5.89. The lowest BCUT2D eigenvalue weighted by Gasteiger charge is -2.21. The summed E-state index contributed by atoms with van der Waals surface area (Å²) in [5.41, 5.74) is -2.37. The number of carboxylic acid groups (broad SMARTS) is 2. The molecule has 132 valence electrons. The highest BCUT2D eigenvalue weighted by atomic mass is 16.5. The number of ether oxygens (including phenoxy) is 1. The van der Waals surface area contributed by atoms with Crippen LogP contribution in [0.3, 0.4) is 0 Å². The fourth-order valence-electron chi connectivity index (χ4n) is 1.97. The van der Waals surface area contributed by atoms with Crippen molar-refractivity contribution in [2.45, 2.75) is 38.6 Å². The summed E-state index contributed by atoms with van der Waals surface area (Å²) < 4.78 is 4.95. The number of hydrogen-bond donors (Lipinski definition) is 5. The second-order valence-electron chi connectivity index (χ2n) is 5.05. The van der Waals surface area contributed by atoms with Crippen molar-refractivity contribution in [3.63, 3.8) is 0 Å². The van der Waals surface area contributed by atoms with Crippen LogP contribution in [0.2, 0.25) is 0 Å². The Morgan fingerprint density at radius 3 is 2.25 bits per heavy atom. The monoisotopic (exact) mass is 343 g/mol. The minimum absolute atomic E-state index is 0.0791. The van der Waals surface area contributed by atoms with Gasteiger partial charge in [-0.1, -0.05) is 0 Å². The van der Waals surface area contributed by atoms with Crippen molar-refractivity contribution in [2.24, 2.45) is 0 Å². The average Bonchev–Trinajstić information content (AvgIpc) is 2.47. The van der Waals surface area contributed by atoms with Crippen LogP contribution in [-0.4, -0.2) is 54.0 Å². The van der Waals surface area contributed by atoms with Gasteiger partial charge in [-0.15, -0.1) is 0 Å². The van der Waals surface area contributed by atoms with Crippen LogP contribution >= 0.6 is 0 Å². The van der Waals surface area contributed by atoms with E-state index >= 15 is 0 Å². The Morgan fingerprint density at radius 1 is 1.17 bits per heavy atom. The van der Waals surface area contributed by atoms with Crippen molar-refractivity contribution in [2.75, 3.05) is 0 Å². The quantitative estimate of drug-likeness (QED) is 0.367. The largest absolute Gasteiger partial charge is 0.481 e. The number of aromatic nitrogens is 1. The van der Waals surface area contributed by atoms with Gasteiger partial charge in [-0.25, -0.2) is 4.79 Å². The molecule has 0 aliphatic carbocycles. The fraction of sp³-hybridized carbons (Fsp3) is 0.429. The lowest BCUT2D eigenvalue weighted by molar-refractivity contribution is -0.169. The molecule has 0 saturated carbocycles. The maximum Gasteiger partial charge on any atom is 0.336 e. The zero-order chi connectivity index (χ0) is 18.5. The SMILES string of the molecule is Cc1ncc(CO)c(CO)c1OC(=O)CC(O)(CC(=O)O)C(=O)O. The van der Waals surface area contributed by atoms with Gasteiger partial charge in [0.2, 0.25) is 0 Å². The van der Waals surface area contributed by atoms with Gasteiger partial charge in [-0.2, -0.15) is 0 Å². The van der Waals surface area contributed by atoms with E-state index in [2.05, 4.69) is 4.98 Å². The topological polar surface area (TPSA) is 174 Å². The molecule has 0 aliphatic heterocycles. The second-order valence-corrected chi connectivity index (χ2v) is 5.05. The van der Waals surface area contributed by atoms with Crippen LogP contribution in [0.5, 0.6) is 5.75 Å². The van der Waals surface area contributed by atoms with Crippen molar-refractivity contribution in [3.8, 4) is 5.75 Å². The first-order valence-corrected chi connectivity index (χ1v) is 6.72. The Hall–Kier alpha value is -2.56. The summed E-state index contributed by atoms with van der Waals surface area (Å²) in [4.78, 5) is 37.5. The van der Waals surface area contributed by atoms with Gasteiger partial charge >= 0.3 is 17.9 Å². The number of aliphatic hydroxyl groups excluding tert-OH is 2. The molecule has 0 aliphatic rings. The summed E-state index contributed by atoms with van der Waals surface area (Å²) in [5, 5.41) is 45.9. The highest BCUT2D eigenvalue weighted by Gasteiger charge is 2.41. The van der Waals surface area contributed by atoms with Crippen LogP contribution in [0.15, 0.2) is 6.20 Å². The molecule has 0 fully saturated rings. The first kappa shape index (κ1) is 19.5. The summed E-state index contributed by atoms with van der Waals surface area (Å²) in [6, 6.07) is 0. The van der Waals surface area contributed by atoms with Gasteiger partial charge in [-0.3, -0.25) is 14.6 Å². The van der Waals surface area contributed by atoms with E-state index in [0.717, 1.165) is 0 Å². The summed E-state index contributed by atoms with van der Waals surface area (Å²) in [7, 11) is 0. The number of aliphatic carboxylic acids is 2. The Balaban J connectivity index is 3.07. The minimum atomic E-state index is -2.84. The van der Waals surface area contributed by atoms with Crippen molar-refractivity contribution in [3.05, 3.63) is 23.0 Å². The van der Waals surface area contributed by atoms with Crippen LogP contribution < -0.4 is 4.74 Å². The molecular weight excluding hydrogens is 326 g/mol. The van der Waals surface area contributed by atoms with Crippen LogP contribution in [0.4, 0.5) is 0 Å². The average molecular weight is 343 g/mol. The molecule has 10 nitrogen and oxygen atoms in total. The van der Waals surface area contributed by atoms with Crippen LogP contribution in [0.1, 0.15) is 29.7 Å². The summed E-state index contributed by atoms with van der Waals surface area (Å²) in [5.74, 6) is -4.90. The summed E-state index contributed by atoms with van der Waals surface area (Å²) in [6.07, 6.45) is -1.04. The first-order chi connectivity index (χ1) is 11.1. The normalized spacial score (nSPS) is 13.2. The summed E-state index contributed by atoms with van der Waals surface area (Å²) in [6.45, 7) is 0.384. The molecule has 24 heavy (non-hydrogen) atoms. The van der Waals surface area contributed by atoms with Gasteiger partial charge < -0.3 is 30.3 Å². The maximum atomic E-state index is 11.9. The third-order valence-corrected chi connectivity index (χ3v) is 3.23. The molecule has 10 heteroatoms. The van der Waals surface area contributed by atoms with E-state index in [0.29, 0.717) is 0 Å². The molecule has 0 amide bonds. The molecular formula is C14H17NO9. The van der Waals surface area contributed by atoms with Gasteiger partial charge in [0.15, 0.2) is 11.4 Å². The van der Waals surface area contributed by atoms with Crippen molar-refractivity contribution >= 4 is 17.9 Å². The molecule has 0 saturated heterocycles.